The van der Waals surface area contributed by atoms with Gasteiger partial charge >= 0.3 is 5.97 Å². The number of carbonyl (C=O) groups excluding carboxylic acids is 1. The molecular weight excluding hydrogens is 334 g/mol. The van der Waals surface area contributed by atoms with Gasteiger partial charge in [-0.2, -0.15) is 5.10 Å². The maximum absolute atomic E-state index is 12.0. The fraction of sp³-hybridized carbons (Fsp3) is 0.111. The smallest absolute Gasteiger partial charge is 0.338 e. The molecule has 0 aliphatic heterocycles. The van der Waals surface area contributed by atoms with Crippen molar-refractivity contribution in [3.8, 4) is 22.7 Å². The van der Waals surface area contributed by atoms with Crippen molar-refractivity contribution in [3.05, 3.63) is 54.7 Å². The predicted molar refractivity (Wildman–Crippen MR) is 94.3 cm³/mol. The van der Waals surface area contributed by atoms with Gasteiger partial charge in [-0.25, -0.2) is 19.3 Å². The molecule has 4 aromatic rings. The maximum atomic E-state index is 12.0. The molecule has 0 spiro atoms. The molecule has 0 aliphatic rings. The van der Waals surface area contributed by atoms with Gasteiger partial charge in [0.15, 0.2) is 17.1 Å². The van der Waals surface area contributed by atoms with E-state index in [1.54, 1.807) is 41.9 Å². The van der Waals surface area contributed by atoms with Crippen molar-refractivity contribution < 1.29 is 13.9 Å². The van der Waals surface area contributed by atoms with Gasteiger partial charge in [0, 0.05) is 11.6 Å². The van der Waals surface area contributed by atoms with E-state index in [0.717, 1.165) is 5.56 Å². The minimum absolute atomic E-state index is 0.314. The molecule has 8 heteroatoms. The molecule has 0 unspecified atom stereocenters. The Morgan fingerprint density at radius 1 is 1.35 bits per heavy atom. The fourth-order valence-electron chi connectivity index (χ4n) is 2.65. The summed E-state index contributed by atoms with van der Waals surface area (Å²) in [5.41, 5.74) is 9.21. The van der Waals surface area contributed by atoms with Crippen molar-refractivity contribution in [2.24, 2.45) is 0 Å². The third kappa shape index (κ3) is 2.67. The molecule has 0 fully saturated rings. The monoisotopic (exact) mass is 349 g/mol. The third-order valence-electron chi connectivity index (χ3n) is 3.84. The first-order valence-electron chi connectivity index (χ1n) is 7.98. The molecule has 0 aliphatic carbocycles. The van der Waals surface area contributed by atoms with E-state index in [2.05, 4.69) is 15.1 Å². The highest BCUT2D eigenvalue weighted by atomic mass is 16.5. The minimum Gasteiger partial charge on any atom is -0.462 e. The van der Waals surface area contributed by atoms with E-state index < -0.39 is 0 Å². The Hall–Kier alpha value is -3.68. The van der Waals surface area contributed by atoms with Crippen LogP contribution in [-0.2, 0) is 4.74 Å². The van der Waals surface area contributed by atoms with E-state index in [4.69, 9.17) is 14.9 Å². The number of rotatable bonds is 4. The molecule has 3 aromatic heterocycles. The first-order chi connectivity index (χ1) is 12.7. The van der Waals surface area contributed by atoms with E-state index in [-0.39, 0.29) is 5.97 Å². The molecular formula is C18H15N5O3. The highest BCUT2D eigenvalue weighted by Gasteiger charge is 2.17. The molecule has 0 amide bonds. The summed E-state index contributed by atoms with van der Waals surface area (Å²) >= 11 is 0. The van der Waals surface area contributed by atoms with E-state index in [0.29, 0.717) is 40.7 Å². The van der Waals surface area contributed by atoms with Gasteiger partial charge in [0.05, 0.1) is 36.0 Å². The summed E-state index contributed by atoms with van der Waals surface area (Å²) < 4.78 is 12.1. The number of benzene rings is 1. The molecule has 4 rings (SSSR count). The van der Waals surface area contributed by atoms with Crippen LogP contribution in [0.2, 0.25) is 0 Å². The Labute approximate surface area is 148 Å². The van der Waals surface area contributed by atoms with Gasteiger partial charge in [0.2, 0.25) is 0 Å². The molecule has 0 radical (unpaired) electrons. The van der Waals surface area contributed by atoms with Gasteiger partial charge in [-0.15, -0.1) is 0 Å². The number of ether oxygens (including phenoxy) is 1. The second kappa shape index (κ2) is 6.32. The average molecular weight is 349 g/mol. The van der Waals surface area contributed by atoms with Crippen LogP contribution in [0.1, 0.15) is 17.3 Å². The minimum atomic E-state index is -0.383. The summed E-state index contributed by atoms with van der Waals surface area (Å²) in [4.78, 5) is 20.9. The lowest BCUT2D eigenvalue weighted by Crippen LogP contribution is -2.05. The van der Waals surface area contributed by atoms with Crippen LogP contribution in [0.25, 0.3) is 28.4 Å². The van der Waals surface area contributed by atoms with Gasteiger partial charge in [-0.1, -0.05) is 12.1 Å². The Morgan fingerprint density at radius 2 is 2.23 bits per heavy atom. The van der Waals surface area contributed by atoms with Gasteiger partial charge in [-0.05, 0) is 19.1 Å². The zero-order valence-electron chi connectivity index (χ0n) is 13.9. The number of furan rings is 1. The van der Waals surface area contributed by atoms with Crippen molar-refractivity contribution in [1.82, 2.24) is 19.6 Å². The summed E-state index contributed by atoms with van der Waals surface area (Å²) in [5, 5.41) is 4.18. The SMILES string of the molecule is CCOC(=O)c1cccc(-c2cn3ncnc3c(-c3occc3N)n2)c1. The number of fused-ring (bicyclic) bond motifs is 1. The third-order valence-corrected chi connectivity index (χ3v) is 3.84. The van der Waals surface area contributed by atoms with Crippen molar-refractivity contribution in [2.75, 3.05) is 12.3 Å². The molecule has 1 aromatic carbocycles. The number of hydrogen-bond acceptors (Lipinski definition) is 7. The van der Waals surface area contributed by atoms with Crippen LogP contribution in [0.15, 0.2) is 53.5 Å². The van der Waals surface area contributed by atoms with Gasteiger partial charge in [0.1, 0.15) is 6.33 Å². The lowest BCUT2D eigenvalue weighted by molar-refractivity contribution is 0.0526. The van der Waals surface area contributed by atoms with Gasteiger partial charge in [-0.3, -0.25) is 0 Å². The molecule has 3 heterocycles. The van der Waals surface area contributed by atoms with E-state index >= 15 is 0 Å². The largest absolute Gasteiger partial charge is 0.462 e. The van der Waals surface area contributed by atoms with Crippen molar-refractivity contribution >= 4 is 17.3 Å². The summed E-state index contributed by atoms with van der Waals surface area (Å²) in [6, 6.07) is 8.69. The van der Waals surface area contributed by atoms with E-state index in [1.165, 1.54) is 12.6 Å². The molecule has 0 saturated heterocycles. The number of nitrogens with two attached hydrogens (primary N) is 1. The standard InChI is InChI=1S/C18H15N5O3/c1-2-25-18(24)12-5-3-4-11(8-12)14-9-23-17(20-10-21-23)15(22-14)16-13(19)6-7-26-16/h3-10H,2,19H2,1H3. The number of anilines is 1. The zero-order valence-corrected chi connectivity index (χ0v) is 13.9. The van der Waals surface area contributed by atoms with E-state index in [1.807, 2.05) is 6.07 Å². The maximum Gasteiger partial charge on any atom is 0.338 e. The highest BCUT2D eigenvalue weighted by molar-refractivity contribution is 5.91. The fourth-order valence-corrected chi connectivity index (χ4v) is 2.65. The topological polar surface area (TPSA) is 109 Å². The quantitative estimate of drug-likeness (QED) is 0.564. The number of hydrogen-bond donors (Lipinski definition) is 1. The van der Waals surface area contributed by atoms with Crippen LogP contribution in [0, 0.1) is 0 Å². The molecule has 26 heavy (non-hydrogen) atoms. The predicted octanol–water partition coefficient (Wildman–Crippen LogP) is 2.81. The Bertz CT molecular complexity index is 1100. The Balaban J connectivity index is 1.87. The van der Waals surface area contributed by atoms with Crippen molar-refractivity contribution in [3.63, 3.8) is 0 Å². The number of aromatic nitrogens is 4. The molecule has 130 valence electrons. The van der Waals surface area contributed by atoms with Crippen LogP contribution in [-0.4, -0.2) is 32.2 Å². The normalized spacial score (nSPS) is 11.0. The molecule has 0 saturated carbocycles. The number of carbonyl (C=O) groups is 1. The average Bonchev–Trinajstić information content (AvgIpc) is 3.30. The Morgan fingerprint density at radius 3 is 3.00 bits per heavy atom. The van der Waals surface area contributed by atoms with Gasteiger partial charge < -0.3 is 14.9 Å². The van der Waals surface area contributed by atoms with Gasteiger partial charge in [0.25, 0.3) is 0 Å². The zero-order chi connectivity index (χ0) is 18.1. The van der Waals surface area contributed by atoms with Crippen molar-refractivity contribution in [2.45, 2.75) is 6.92 Å². The number of nitrogen functional groups attached to an aromatic ring is 1. The van der Waals surface area contributed by atoms with Crippen LogP contribution in [0.5, 0.6) is 0 Å². The highest BCUT2D eigenvalue weighted by Crippen LogP contribution is 2.30. The molecule has 0 atom stereocenters. The Kier molecular flexibility index (Phi) is 3.85. The summed E-state index contributed by atoms with van der Waals surface area (Å²) in [6.45, 7) is 2.08. The number of nitrogens with zero attached hydrogens (tertiary/aromatic N) is 4. The molecule has 2 N–H and O–H groups in total. The summed E-state index contributed by atoms with van der Waals surface area (Å²) in [5.74, 6) is 0.0399. The lowest BCUT2D eigenvalue weighted by Gasteiger charge is -2.08. The molecule has 8 nitrogen and oxygen atoms in total. The second-order valence-corrected chi connectivity index (χ2v) is 5.51. The second-order valence-electron chi connectivity index (χ2n) is 5.51. The molecule has 0 bridgehead atoms. The summed E-state index contributed by atoms with van der Waals surface area (Å²) in [7, 11) is 0. The van der Waals surface area contributed by atoms with Crippen LogP contribution in [0.3, 0.4) is 0 Å². The van der Waals surface area contributed by atoms with E-state index in [9.17, 15) is 4.79 Å². The van der Waals surface area contributed by atoms with Crippen LogP contribution >= 0.6 is 0 Å². The number of esters is 1. The first kappa shape index (κ1) is 15.8. The van der Waals surface area contributed by atoms with Crippen molar-refractivity contribution in [1.29, 1.82) is 0 Å². The van der Waals surface area contributed by atoms with Crippen LogP contribution in [0.4, 0.5) is 5.69 Å². The lowest BCUT2D eigenvalue weighted by atomic mass is 10.1. The van der Waals surface area contributed by atoms with Crippen LogP contribution < -0.4 is 5.73 Å². The first-order valence-corrected chi connectivity index (χ1v) is 7.98. The summed E-state index contributed by atoms with van der Waals surface area (Å²) in [6.07, 6.45) is 4.65.